The fourth-order valence-electron chi connectivity index (χ4n) is 8.61. The summed E-state index contributed by atoms with van der Waals surface area (Å²) in [6, 6.07) is 66.7. The van der Waals surface area contributed by atoms with Gasteiger partial charge in [-0.1, -0.05) is 140 Å². The van der Waals surface area contributed by atoms with Gasteiger partial charge in [-0.05, 0) is 48.5 Å². The molecule has 0 radical (unpaired) electrons. The van der Waals surface area contributed by atoms with Crippen LogP contribution in [-0.4, -0.2) is 24.1 Å². The van der Waals surface area contributed by atoms with Crippen LogP contribution in [0.5, 0.6) is 0 Å². The lowest BCUT2D eigenvalue weighted by molar-refractivity contribution is 1.07. The molecular weight excluding hydrogens is 715 g/mol. The number of hydrogen-bond donors (Lipinski definition) is 0. The summed E-state index contributed by atoms with van der Waals surface area (Å²) in [6.07, 6.45) is 0. The maximum absolute atomic E-state index is 5.01. The van der Waals surface area contributed by atoms with E-state index >= 15 is 0 Å². The average Bonchev–Trinajstić information content (AvgIpc) is 3.94. The molecule has 0 aliphatic carbocycles. The summed E-state index contributed by atoms with van der Waals surface area (Å²) in [6.45, 7) is 0. The van der Waals surface area contributed by atoms with Gasteiger partial charge in [0.05, 0.1) is 22.1 Å². The Labute approximate surface area is 331 Å². The van der Waals surface area contributed by atoms with Crippen molar-refractivity contribution in [1.82, 2.24) is 24.1 Å². The number of benzene rings is 8. The van der Waals surface area contributed by atoms with Crippen molar-refractivity contribution in [3.63, 3.8) is 0 Å². The summed E-state index contributed by atoms with van der Waals surface area (Å²) in [5.74, 6) is 1.98. The fraction of sp³-hybridized carbons (Fsp3) is 0. The third kappa shape index (κ3) is 4.98. The number of para-hydroxylation sites is 3. The van der Waals surface area contributed by atoms with E-state index in [0.717, 1.165) is 28.1 Å². The molecule has 8 aromatic carbocycles. The van der Waals surface area contributed by atoms with Crippen LogP contribution in [0.3, 0.4) is 0 Å². The first kappa shape index (κ1) is 31.9. The Bertz CT molecular complexity index is 3450. The molecule has 6 heteroatoms. The molecule has 12 rings (SSSR count). The van der Waals surface area contributed by atoms with Crippen LogP contribution in [0.4, 0.5) is 0 Å². The summed E-state index contributed by atoms with van der Waals surface area (Å²) in [7, 11) is 0. The number of nitrogens with zero attached hydrogens (tertiary/aromatic N) is 5. The Morgan fingerprint density at radius 1 is 0.333 bits per heavy atom. The summed E-state index contributed by atoms with van der Waals surface area (Å²) < 4.78 is 7.30. The Morgan fingerprint density at radius 2 is 0.860 bits per heavy atom. The van der Waals surface area contributed by atoms with Crippen molar-refractivity contribution in [3.8, 4) is 45.5 Å². The summed E-state index contributed by atoms with van der Waals surface area (Å²) in [5.41, 5.74) is 9.98. The molecular formula is C51H31N5S. The highest BCUT2D eigenvalue weighted by molar-refractivity contribution is 7.25. The van der Waals surface area contributed by atoms with Gasteiger partial charge in [0, 0.05) is 69.8 Å². The van der Waals surface area contributed by atoms with Crippen LogP contribution in [-0.2, 0) is 0 Å². The van der Waals surface area contributed by atoms with E-state index in [0.29, 0.717) is 17.5 Å². The third-order valence-corrected chi connectivity index (χ3v) is 12.3. The normalized spacial score (nSPS) is 11.9. The maximum atomic E-state index is 5.01. The van der Waals surface area contributed by atoms with Crippen molar-refractivity contribution in [1.29, 1.82) is 0 Å². The predicted octanol–water partition coefficient (Wildman–Crippen LogP) is 13.4. The van der Waals surface area contributed by atoms with Gasteiger partial charge in [-0.2, -0.15) is 0 Å². The molecule has 0 unspecified atom stereocenters. The molecule has 0 spiro atoms. The molecule has 57 heavy (non-hydrogen) atoms. The highest BCUT2D eigenvalue weighted by Gasteiger charge is 2.21. The summed E-state index contributed by atoms with van der Waals surface area (Å²) in [5, 5.41) is 7.45. The molecule has 0 fully saturated rings. The van der Waals surface area contributed by atoms with Crippen molar-refractivity contribution < 1.29 is 0 Å². The molecule has 0 bridgehead atoms. The second-order valence-corrected chi connectivity index (χ2v) is 15.5. The molecule has 0 saturated heterocycles. The molecule has 0 amide bonds. The molecule has 0 aliphatic rings. The van der Waals surface area contributed by atoms with E-state index in [4.69, 9.17) is 15.0 Å². The minimum atomic E-state index is 0.659. The quantitative estimate of drug-likeness (QED) is 0.176. The molecule has 0 atom stereocenters. The van der Waals surface area contributed by atoms with Gasteiger partial charge in [0.25, 0.3) is 0 Å². The lowest BCUT2D eigenvalue weighted by Gasteiger charge is -2.10. The van der Waals surface area contributed by atoms with E-state index in [9.17, 15) is 0 Å². The van der Waals surface area contributed by atoms with E-state index in [2.05, 4.69) is 137 Å². The van der Waals surface area contributed by atoms with E-state index in [1.807, 2.05) is 72.0 Å². The largest absolute Gasteiger partial charge is 0.309 e. The van der Waals surface area contributed by atoms with Gasteiger partial charge < -0.3 is 9.13 Å². The van der Waals surface area contributed by atoms with Crippen LogP contribution in [0.1, 0.15) is 0 Å². The first-order valence-electron chi connectivity index (χ1n) is 19.1. The third-order valence-electron chi connectivity index (χ3n) is 11.2. The second kappa shape index (κ2) is 12.6. The fourth-order valence-corrected chi connectivity index (χ4v) is 9.79. The molecule has 12 aromatic rings. The van der Waals surface area contributed by atoms with Crippen LogP contribution in [0, 0.1) is 0 Å². The van der Waals surface area contributed by atoms with Crippen LogP contribution < -0.4 is 0 Å². The van der Waals surface area contributed by atoms with Crippen molar-refractivity contribution >= 4 is 75.1 Å². The average molecular weight is 746 g/mol. The van der Waals surface area contributed by atoms with Gasteiger partial charge in [-0.3, -0.25) is 0 Å². The molecule has 4 aromatic heterocycles. The number of fused-ring (bicyclic) bond motifs is 10. The number of thiophene rings is 1. The van der Waals surface area contributed by atoms with Gasteiger partial charge in [-0.25, -0.2) is 15.0 Å². The zero-order valence-corrected chi connectivity index (χ0v) is 31.4. The van der Waals surface area contributed by atoms with Gasteiger partial charge >= 0.3 is 0 Å². The number of hydrogen-bond acceptors (Lipinski definition) is 4. The van der Waals surface area contributed by atoms with Crippen LogP contribution in [0.2, 0.25) is 0 Å². The van der Waals surface area contributed by atoms with Crippen molar-refractivity contribution in [3.05, 3.63) is 188 Å². The van der Waals surface area contributed by atoms with Gasteiger partial charge in [0.2, 0.25) is 0 Å². The van der Waals surface area contributed by atoms with E-state index in [-0.39, 0.29) is 0 Å². The zero-order chi connectivity index (χ0) is 37.5. The number of rotatable bonds is 5. The lowest BCUT2D eigenvalue weighted by Crippen LogP contribution is -1.99. The molecule has 5 nitrogen and oxygen atoms in total. The molecule has 0 saturated carbocycles. The topological polar surface area (TPSA) is 48.5 Å². The Balaban J connectivity index is 1.06. The molecule has 0 N–H and O–H groups in total. The van der Waals surface area contributed by atoms with Crippen LogP contribution in [0.25, 0.3) is 109 Å². The molecule has 4 heterocycles. The monoisotopic (exact) mass is 745 g/mol. The van der Waals surface area contributed by atoms with Crippen molar-refractivity contribution in [2.24, 2.45) is 0 Å². The smallest absolute Gasteiger partial charge is 0.164 e. The maximum Gasteiger partial charge on any atom is 0.164 e. The first-order chi connectivity index (χ1) is 28.3. The van der Waals surface area contributed by atoms with E-state index < -0.39 is 0 Å². The minimum Gasteiger partial charge on any atom is -0.309 e. The highest BCUT2D eigenvalue weighted by atomic mass is 32.1. The molecule has 266 valence electrons. The SMILES string of the molecule is c1ccc(-c2nc(-c3ccccc3)nc(-c3ccc4c(c3)sc3cc(-n5c6ccccc6c6ccc7c(c8ccccc8n7-c7ccccc7)c65)ccc34)n2)cc1. The van der Waals surface area contributed by atoms with Crippen LogP contribution >= 0.6 is 11.3 Å². The van der Waals surface area contributed by atoms with Gasteiger partial charge in [-0.15, -0.1) is 11.3 Å². The predicted molar refractivity (Wildman–Crippen MR) is 238 cm³/mol. The van der Waals surface area contributed by atoms with Crippen LogP contribution in [0.15, 0.2) is 188 Å². The lowest BCUT2D eigenvalue weighted by atomic mass is 10.1. The summed E-state index contributed by atoms with van der Waals surface area (Å²) >= 11 is 1.81. The number of aromatic nitrogens is 5. The molecule has 0 aliphatic heterocycles. The van der Waals surface area contributed by atoms with Gasteiger partial charge in [0.1, 0.15) is 0 Å². The van der Waals surface area contributed by atoms with E-state index in [1.54, 1.807) is 0 Å². The van der Waals surface area contributed by atoms with Gasteiger partial charge in [0.15, 0.2) is 17.5 Å². The zero-order valence-electron chi connectivity index (χ0n) is 30.5. The minimum absolute atomic E-state index is 0.659. The highest BCUT2D eigenvalue weighted by Crippen LogP contribution is 2.43. The first-order valence-corrected chi connectivity index (χ1v) is 19.9. The summed E-state index contributed by atoms with van der Waals surface area (Å²) in [4.78, 5) is 14.9. The van der Waals surface area contributed by atoms with Crippen molar-refractivity contribution in [2.45, 2.75) is 0 Å². The Morgan fingerprint density at radius 3 is 1.54 bits per heavy atom. The van der Waals surface area contributed by atoms with Crippen molar-refractivity contribution in [2.75, 3.05) is 0 Å². The Hall–Kier alpha value is -7.41. The Kier molecular flexibility index (Phi) is 7.03. The standard InChI is InChI=1S/C51H31N5S/c1-4-14-32(15-5-1)49-52-50(33-16-6-2-7-17-33)54-51(53-49)34-24-26-38-39-27-25-36(31-46(39)57-45(38)30-34)56-42-22-12-10-20-37(42)40-28-29-44-47(48(40)56)41-21-11-13-23-43(41)55(44)35-18-8-3-9-19-35/h1-31H. The van der Waals surface area contributed by atoms with E-state index in [1.165, 1.54) is 63.8 Å². The second-order valence-electron chi connectivity index (χ2n) is 14.4.